The lowest BCUT2D eigenvalue weighted by molar-refractivity contribution is -0.0706. The summed E-state index contributed by atoms with van der Waals surface area (Å²) in [6.07, 6.45) is 12.9. The van der Waals surface area contributed by atoms with Crippen molar-refractivity contribution in [3.8, 4) is 0 Å². The highest BCUT2D eigenvalue weighted by Gasteiger charge is 2.52. The highest BCUT2D eigenvalue weighted by atomic mass is 35.5. The smallest absolute Gasteiger partial charge is 0.0271 e. The molecule has 2 nitrogen and oxygen atoms in total. The molecule has 1 aromatic heterocycles. The van der Waals surface area contributed by atoms with Gasteiger partial charge < -0.3 is 5.32 Å². The summed E-state index contributed by atoms with van der Waals surface area (Å²) in [4.78, 5) is 4.10. The minimum Gasteiger partial charge on any atom is -0.310 e. The number of aromatic nitrogens is 1. The van der Waals surface area contributed by atoms with Crippen LogP contribution < -0.4 is 5.32 Å². The molecule has 0 aromatic carbocycles. The van der Waals surface area contributed by atoms with Crippen molar-refractivity contribution in [3.05, 3.63) is 30.1 Å². The van der Waals surface area contributed by atoms with Crippen LogP contribution in [0, 0.1) is 23.2 Å². The van der Waals surface area contributed by atoms with Crippen molar-refractivity contribution in [2.45, 2.75) is 58.0 Å². The van der Waals surface area contributed by atoms with Gasteiger partial charge in [-0.15, -0.1) is 24.8 Å². The molecule has 4 saturated carbocycles. The van der Waals surface area contributed by atoms with Gasteiger partial charge in [-0.05, 0) is 86.3 Å². The van der Waals surface area contributed by atoms with E-state index in [0.717, 1.165) is 24.3 Å². The standard InChI is InChI=1S/C18H26N2.2ClH/c1-13(20-12-14-2-4-19-5-3-14)18-9-15-6-16(10-18)8-17(7-15)11-18;;/h2-5,13,15-17,20H,6-12H2,1H3;2*1H. The van der Waals surface area contributed by atoms with Gasteiger partial charge in [-0.3, -0.25) is 4.98 Å². The Morgan fingerprint density at radius 3 is 2.05 bits per heavy atom. The predicted octanol–water partition coefficient (Wildman–Crippen LogP) is 4.62. The third-order valence-corrected chi connectivity index (χ3v) is 6.37. The van der Waals surface area contributed by atoms with Crippen LogP contribution in [0.3, 0.4) is 0 Å². The molecule has 4 aliphatic rings. The monoisotopic (exact) mass is 342 g/mol. The van der Waals surface area contributed by atoms with Crippen LogP contribution in [0.15, 0.2) is 24.5 Å². The predicted molar refractivity (Wildman–Crippen MR) is 95.6 cm³/mol. The first-order valence-electron chi connectivity index (χ1n) is 8.36. The largest absolute Gasteiger partial charge is 0.310 e. The third-order valence-electron chi connectivity index (χ3n) is 6.37. The summed E-state index contributed by atoms with van der Waals surface area (Å²) in [5, 5.41) is 3.83. The molecule has 0 saturated heterocycles. The van der Waals surface area contributed by atoms with Crippen LogP contribution in [-0.4, -0.2) is 11.0 Å². The van der Waals surface area contributed by atoms with Gasteiger partial charge in [0.2, 0.25) is 0 Å². The number of pyridine rings is 1. The minimum atomic E-state index is 0. The Morgan fingerprint density at radius 1 is 1.05 bits per heavy atom. The lowest BCUT2D eigenvalue weighted by Gasteiger charge is -2.59. The SMILES string of the molecule is CC(NCc1ccncc1)C12CC3CC(CC(C3)C1)C2.Cl.Cl. The summed E-state index contributed by atoms with van der Waals surface area (Å²) in [7, 11) is 0. The number of nitrogens with zero attached hydrogens (tertiary/aromatic N) is 1. The third kappa shape index (κ3) is 3.29. The fraction of sp³-hybridized carbons (Fsp3) is 0.722. The molecule has 1 heterocycles. The van der Waals surface area contributed by atoms with Crippen molar-refractivity contribution in [2.75, 3.05) is 0 Å². The van der Waals surface area contributed by atoms with E-state index in [-0.39, 0.29) is 24.8 Å². The maximum absolute atomic E-state index is 4.10. The first-order valence-corrected chi connectivity index (χ1v) is 8.36. The fourth-order valence-electron chi connectivity index (χ4n) is 5.70. The molecule has 4 aliphatic carbocycles. The molecule has 1 N–H and O–H groups in total. The molecule has 1 aromatic rings. The summed E-state index contributed by atoms with van der Waals surface area (Å²) in [6, 6.07) is 4.91. The summed E-state index contributed by atoms with van der Waals surface area (Å²) in [5.41, 5.74) is 1.97. The lowest BCUT2D eigenvalue weighted by atomic mass is 9.48. The number of nitrogens with one attached hydrogen (secondary N) is 1. The van der Waals surface area contributed by atoms with Crippen LogP contribution in [-0.2, 0) is 6.54 Å². The van der Waals surface area contributed by atoms with Crippen LogP contribution in [0.2, 0.25) is 0 Å². The van der Waals surface area contributed by atoms with Crippen LogP contribution in [0.5, 0.6) is 0 Å². The van der Waals surface area contributed by atoms with Crippen molar-refractivity contribution >= 4 is 24.8 Å². The molecular formula is C18H28Cl2N2. The van der Waals surface area contributed by atoms with Gasteiger partial charge >= 0.3 is 0 Å². The van der Waals surface area contributed by atoms with Crippen molar-refractivity contribution in [2.24, 2.45) is 23.2 Å². The number of hydrogen-bond donors (Lipinski definition) is 1. The van der Waals surface area contributed by atoms with Gasteiger partial charge in [0.15, 0.2) is 0 Å². The van der Waals surface area contributed by atoms with E-state index in [1.807, 2.05) is 12.4 Å². The van der Waals surface area contributed by atoms with E-state index in [0.29, 0.717) is 11.5 Å². The fourth-order valence-corrected chi connectivity index (χ4v) is 5.70. The normalized spacial score (nSPS) is 36.3. The van der Waals surface area contributed by atoms with Gasteiger partial charge in [0.1, 0.15) is 0 Å². The molecule has 4 bridgehead atoms. The molecule has 1 unspecified atom stereocenters. The lowest BCUT2D eigenvalue weighted by Crippen LogP contribution is -2.54. The van der Waals surface area contributed by atoms with Gasteiger partial charge in [0.25, 0.3) is 0 Å². The summed E-state index contributed by atoms with van der Waals surface area (Å²) >= 11 is 0. The Kier molecular flexibility index (Phi) is 5.79. The topological polar surface area (TPSA) is 24.9 Å². The van der Waals surface area contributed by atoms with Gasteiger partial charge in [-0.25, -0.2) is 0 Å². The molecule has 4 fully saturated rings. The number of halogens is 2. The van der Waals surface area contributed by atoms with E-state index in [2.05, 4.69) is 29.4 Å². The molecule has 0 spiro atoms. The van der Waals surface area contributed by atoms with E-state index in [1.165, 1.54) is 44.1 Å². The number of rotatable bonds is 4. The molecule has 0 radical (unpaired) electrons. The summed E-state index contributed by atoms with van der Waals surface area (Å²) < 4.78 is 0. The quantitative estimate of drug-likeness (QED) is 0.863. The average Bonchev–Trinajstić information content (AvgIpc) is 2.44. The molecular weight excluding hydrogens is 315 g/mol. The number of hydrogen-bond acceptors (Lipinski definition) is 2. The maximum Gasteiger partial charge on any atom is 0.0271 e. The second-order valence-electron chi connectivity index (χ2n) is 7.74. The van der Waals surface area contributed by atoms with Gasteiger partial charge in [-0.1, -0.05) is 0 Å². The van der Waals surface area contributed by atoms with Crippen molar-refractivity contribution in [1.82, 2.24) is 10.3 Å². The molecule has 0 aliphatic heterocycles. The van der Waals surface area contributed by atoms with E-state index in [4.69, 9.17) is 0 Å². The van der Waals surface area contributed by atoms with Crippen LogP contribution in [0.25, 0.3) is 0 Å². The molecule has 4 heteroatoms. The zero-order chi connectivity index (χ0) is 13.6. The van der Waals surface area contributed by atoms with Gasteiger partial charge in [-0.2, -0.15) is 0 Å². The molecule has 124 valence electrons. The zero-order valence-electron chi connectivity index (χ0n) is 13.3. The second-order valence-corrected chi connectivity index (χ2v) is 7.74. The Hall–Kier alpha value is -0.310. The maximum atomic E-state index is 4.10. The first-order chi connectivity index (χ1) is 9.73. The minimum absolute atomic E-state index is 0. The Bertz CT molecular complexity index is 442. The highest BCUT2D eigenvalue weighted by Crippen LogP contribution is 2.61. The van der Waals surface area contributed by atoms with Gasteiger partial charge in [0, 0.05) is 25.0 Å². The summed E-state index contributed by atoms with van der Waals surface area (Å²) in [5.74, 6) is 3.14. The molecule has 0 amide bonds. The van der Waals surface area contributed by atoms with Gasteiger partial charge in [0.05, 0.1) is 0 Å². The molecule has 5 rings (SSSR count). The van der Waals surface area contributed by atoms with Crippen molar-refractivity contribution < 1.29 is 0 Å². The Morgan fingerprint density at radius 2 is 1.55 bits per heavy atom. The Labute approximate surface area is 146 Å². The van der Waals surface area contributed by atoms with Crippen LogP contribution in [0.4, 0.5) is 0 Å². The molecule has 1 atom stereocenters. The van der Waals surface area contributed by atoms with Crippen LogP contribution >= 0.6 is 24.8 Å². The second kappa shape index (κ2) is 7.07. The van der Waals surface area contributed by atoms with E-state index in [9.17, 15) is 0 Å². The molecule has 22 heavy (non-hydrogen) atoms. The van der Waals surface area contributed by atoms with E-state index in [1.54, 1.807) is 0 Å². The summed E-state index contributed by atoms with van der Waals surface area (Å²) in [6.45, 7) is 3.43. The Balaban J connectivity index is 0.000000882. The van der Waals surface area contributed by atoms with Crippen molar-refractivity contribution in [3.63, 3.8) is 0 Å². The van der Waals surface area contributed by atoms with Crippen LogP contribution in [0.1, 0.15) is 51.0 Å². The average molecular weight is 343 g/mol. The van der Waals surface area contributed by atoms with Crippen molar-refractivity contribution in [1.29, 1.82) is 0 Å². The van der Waals surface area contributed by atoms with E-state index >= 15 is 0 Å². The zero-order valence-corrected chi connectivity index (χ0v) is 15.0. The highest BCUT2D eigenvalue weighted by molar-refractivity contribution is 5.85. The van der Waals surface area contributed by atoms with E-state index < -0.39 is 0 Å². The first kappa shape index (κ1) is 18.0.